The van der Waals surface area contributed by atoms with Crippen LogP contribution < -0.4 is 10.5 Å². The third-order valence-corrected chi connectivity index (χ3v) is 2.92. The Balaban J connectivity index is 2.25. The molecular weight excluding hydrogens is 270 g/mol. The molecule has 0 saturated heterocycles. The topological polar surface area (TPSA) is 98.3 Å². The Hall–Kier alpha value is -2.47. The highest BCUT2D eigenvalue weighted by Gasteiger charge is 2.13. The van der Waals surface area contributed by atoms with Gasteiger partial charge in [0.2, 0.25) is 0 Å². The van der Waals surface area contributed by atoms with Crippen LogP contribution in [0.4, 0.5) is 0 Å². The molecule has 3 N–H and O–H groups in total. The number of ether oxygens (including phenoxy) is 1. The zero-order valence-corrected chi connectivity index (χ0v) is 11.7. The summed E-state index contributed by atoms with van der Waals surface area (Å²) >= 11 is 0. The number of carboxylic acids is 1. The summed E-state index contributed by atoms with van der Waals surface area (Å²) in [6.07, 6.45) is 2.95. The molecule has 6 nitrogen and oxygen atoms in total. The van der Waals surface area contributed by atoms with Gasteiger partial charge in [-0.25, -0.2) is 9.97 Å². The molecule has 2 rings (SSSR count). The molecule has 1 aromatic carbocycles. The summed E-state index contributed by atoms with van der Waals surface area (Å²) in [4.78, 5) is 19.2. The minimum Gasteiger partial charge on any atom is -0.493 e. The molecule has 0 unspecified atom stereocenters. The number of aliphatic carboxylic acids is 1. The monoisotopic (exact) mass is 287 g/mol. The average Bonchev–Trinajstić information content (AvgIpc) is 2.48. The van der Waals surface area contributed by atoms with E-state index in [1.165, 1.54) is 0 Å². The number of para-hydroxylation sites is 1. The Morgan fingerprint density at radius 3 is 2.62 bits per heavy atom. The summed E-state index contributed by atoms with van der Waals surface area (Å²) in [6.45, 7) is 2.46. The third kappa shape index (κ3) is 3.76. The maximum Gasteiger partial charge on any atom is 0.305 e. The molecular formula is C15H17N3O3. The first kappa shape index (κ1) is 14.9. The zero-order valence-electron chi connectivity index (χ0n) is 11.7. The van der Waals surface area contributed by atoms with E-state index in [2.05, 4.69) is 9.97 Å². The first-order valence-electron chi connectivity index (χ1n) is 6.63. The van der Waals surface area contributed by atoms with E-state index < -0.39 is 12.0 Å². The van der Waals surface area contributed by atoms with E-state index in [0.29, 0.717) is 23.7 Å². The first-order chi connectivity index (χ1) is 10.1. The molecule has 21 heavy (non-hydrogen) atoms. The number of hydrogen-bond donors (Lipinski definition) is 2. The molecule has 0 radical (unpaired) electrons. The first-order valence-corrected chi connectivity index (χ1v) is 6.63. The van der Waals surface area contributed by atoms with Crippen molar-refractivity contribution in [1.82, 2.24) is 9.97 Å². The lowest BCUT2D eigenvalue weighted by molar-refractivity contribution is -0.137. The quantitative estimate of drug-likeness (QED) is 0.843. The number of hydrogen-bond acceptors (Lipinski definition) is 5. The van der Waals surface area contributed by atoms with E-state index >= 15 is 0 Å². The van der Waals surface area contributed by atoms with Crippen LogP contribution in [0.1, 0.15) is 24.9 Å². The smallest absolute Gasteiger partial charge is 0.305 e. The van der Waals surface area contributed by atoms with Crippen molar-refractivity contribution in [2.24, 2.45) is 5.73 Å². The molecule has 1 atom stereocenters. The van der Waals surface area contributed by atoms with Gasteiger partial charge in [0.1, 0.15) is 5.75 Å². The molecule has 0 bridgehead atoms. The van der Waals surface area contributed by atoms with Crippen LogP contribution in [-0.2, 0) is 4.79 Å². The van der Waals surface area contributed by atoms with Crippen LogP contribution in [0.2, 0.25) is 0 Å². The lowest BCUT2D eigenvalue weighted by Gasteiger charge is -2.11. The van der Waals surface area contributed by atoms with E-state index in [0.717, 1.165) is 5.56 Å². The van der Waals surface area contributed by atoms with Crippen LogP contribution in [0.3, 0.4) is 0 Å². The van der Waals surface area contributed by atoms with Gasteiger partial charge in [0.05, 0.1) is 18.6 Å². The zero-order chi connectivity index (χ0) is 15.2. The second-order valence-corrected chi connectivity index (χ2v) is 4.47. The molecule has 110 valence electrons. The van der Waals surface area contributed by atoms with Crippen molar-refractivity contribution in [3.05, 3.63) is 42.2 Å². The Kier molecular flexibility index (Phi) is 4.84. The molecule has 0 fully saturated rings. The van der Waals surface area contributed by atoms with Gasteiger partial charge in [-0.05, 0) is 19.1 Å². The van der Waals surface area contributed by atoms with Crippen LogP contribution in [0.25, 0.3) is 11.4 Å². The number of benzene rings is 1. The van der Waals surface area contributed by atoms with E-state index in [4.69, 9.17) is 15.6 Å². The Labute approximate surface area is 122 Å². The molecule has 0 saturated carbocycles. The molecule has 2 aromatic rings. The van der Waals surface area contributed by atoms with Crippen molar-refractivity contribution in [3.8, 4) is 17.1 Å². The van der Waals surface area contributed by atoms with Crippen molar-refractivity contribution in [2.45, 2.75) is 19.4 Å². The van der Waals surface area contributed by atoms with Crippen LogP contribution in [0, 0.1) is 0 Å². The highest BCUT2D eigenvalue weighted by molar-refractivity contribution is 5.68. The van der Waals surface area contributed by atoms with E-state index in [-0.39, 0.29) is 6.42 Å². The van der Waals surface area contributed by atoms with Crippen molar-refractivity contribution >= 4 is 5.97 Å². The van der Waals surface area contributed by atoms with Crippen LogP contribution in [-0.4, -0.2) is 27.7 Å². The Morgan fingerprint density at radius 1 is 1.33 bits per heavy atom. The van der Waals surface area contributed by atoms with Gasteiger partial charge in [0.15, 0.2) is 5.82 Å². The largest absolute Gasteiger partial charge is 0.493 e. The highest BCUT2D eigenvalue weighted by Crippen LogP contribution is 2.27. The SMILES string of the molecule is CCOc1ccccc1-c1ncc([C@@H](N)CC(=O)O)cn1. The van der Waals surface area contributed by atoms with E-state index in [1.807, 2.05) is 31.2 Å². The standard InChI is InChI=1S/C15H17N3O3/c1-2-21-13-6-4-3-5-11(13)15-17-8-10(9-18-15)12(16)7-14(19)20/h3-6,8-9,12H,2,7,16H2,1H3,(H,19,20)/t12-/m0/s1. The second-order valence-electron chi connectivity index (χ2n) is 4.47. The third-order valence-electron chi connectivity index (χ3n) is 2.92. The fourth-order valence-electron chi connectivity index (χ4n) is 1.91. The van der Waals surface area contributed by atoms with Crippen LogP contribution in [0.5, 0.6) is 5.75 Å². The normalized spacial score (nSPS) is 11.9. The number of rotatable bonds is 6. The van der Waals surface area contributed by atoms with Crippen LogP contribution in [0.15, 0.2) is 36.7 Å². The summed E-state index contributed by atoms with van der Waals surface area (Å²) in [5.74, 6) is 0.279. The Morgan fingerprint density at radius 2 is 2.00 bits per heavy atom. The average molecular weight is 287 g/mol. The van der Waals surface area contributed by atoms with Crippen molar-refractivity contribution in [3.63, 3.8) is 0 Å². The lowest BCUT2D eigenvalue weighted by Crippen LogP contribution is -2.15. The van der Waals surface area contributed by atoms with Gasteiger partial charge in [0, 0.05) is 24.0 Å². The molecule has 1 aromatic heterocycles. The molecule has 0 amide bonds. The highest BCUT2D eigenvalue weighted by atomic mass is 16.5. The number of carboxylic acid groups (broad SMARTS) is 1. The predicted molar refractivity (Wildman–Crippen MR) is 77.8 cm³/mol. The number of carbonyl (C=O) groups is 1. The number of nitrogens with two attached hydrogens (primary N) is 1. The summed E-state index contributed by atoms with van der Waals surface area (Å²) in [7, 11) is 0. The number of aromatic nitrogens is 2. The molecule has 1 heterocycles. The predicted octanol–water partition coefficient (Wildman–Crippen LogP) is 2.02. The minimum atomic E-state index is -0.951. The van der Waals surface area contributed by atoms with Crippen molar-refractivity contribution in [1.29, 1.82) is 0 Å². The maximum absolute atomic E-state index is 10.7. The van der Waals surface area contributed by atoms with Gasteiger partial charge >= 0.3 is 5.97 Å². The maximum atomic E-state index is 10.7. The molecule has 0 aliphatic heterocycles. The van der Waals surface area contributed by atoms with Gasteiger partial charge in [-0.15, -0.1) is 0 Å². The van der Waals surface area contributed by atoms with E-state index in [9.17, 15) is 4.79 Å². The van der Waals surface area contributed by atoms with Crippen LogP contribution >= 0.6 is 0 Å². The summed E-state index contributed by atoms with van der Waals surface area (Å²) < 4.78 is 5.54. The molecule has 0 spiro atoms. The summed E-state index contributed by atoms with van der Waals surface area (Å²) in [5, 5.41) is 8.74. The fourth-order valence-corrected chi connectivity index (χ4v) is 1.91. The lowest BCUT2D eigenvalue weighted by atomic mass is 10.1. The Bertz CT molecular complexity index is 614. The van der Waals surface area contributed by atoms with Gasteiger partial charge in [-0.3, -0.25) is 4.79 Å². The van der Waals surface area contributed by atoms with Gasteiger partial charge in [-0.1, -0.05) is 12.1 Å². The molecule has 6 heteroatoms. The van der Waals surface area contributed by atoms with E-state index in [1.54, 1.807) is 12.4 Å². The minimum absolute atomic E-state index is 0.155. The van der Waals surface area contributed by atoms with Crippen molar-refractivity contribution in [2.75, 3.05) is 6.61 Å². The fraction of sp³-hybridized carbons (Fsp3) is 0.267. The molecule has 0 aliphatic rings. The summed E-state index contributed by atoms with van der Waals surface area (Å²) in [6, 6.07) is 6.87. The second kappa shape index (κ2) is 6.81. The number of nitrogens with zero attached hydrogens (tertiary/aromatic N) is 2. The van der Waals surface area contributed by atoms with Crippen molar-refractivity contribution < 1.29 is 14.6 Å². The van der Waals surface area contributed by atoms with Gasteiger partial charge < -0.3 is 15.6 Å². The van der Waals surface area contributed by atoms with Gasteiger partial charge in [-0.2, -0.15) is 0 Å². The summed E-state index contributed by atoms with van der Waals surface area (Å²) in [5.41, 5.74) is 7.16. The van der Waals surface area contributed by atoms with Gasteiger partial charge in [0.25, 0.3) is 0 Å². The molecule has 0 aliphatic carbocycles.